The largest absolute Gasteiger partial charge is 0.339 e. The summed E-state index contributed by atoms with van der Waals surface area (Å²) in [5.41, 5.74) is 0. The van der Waals surface area contributed by atoms with Crippen LogP contribution in [0.25, 0.3) is 0 Å². The SMILES string of the molecule is CN(CC(=O)N1CCNCC1)S(=O)(=O)c1cn(C)cn1. The first-order valence-electron chi connectivity index (χ1n) is 6.34. The molecule has 1 fully saturated rings. The number of amides is 1. The number of hydrogen-bond acceptors (Lipinski definition) is 5. The third kappa shape index (κ3) is 3.17. The number of carbonyl (C=O) groups is 1. The van der Waals surface area contributed by atoms with E-state index in [9.17, 15) is 13.2 Å². The van der Waals surface area contributed by atoms with Gasteiger partial charge in [-0.2, -0.15) is 4.31 Å². The zero-order chi connectivity index (χ0) is 14.8. The standard InChI is InChI=1S/C11H19N5O3S/c1-14-7-10(13-9-14)20(18,19)15(2)8-11(17)16-5-3-12-4-6-16/h7,9,12H,3-6,8H2,1-2H3. The molecule has 0 radical (unpaired) electrons. The summed E-state index contributed by atoms with van der Waals surface area (Å²) in [6.07, 6.45) is 2.83. The van der Waals surface area contributed by atoms with Crippen LogP contribution in [-0.4, -0.2) is 72.9 Å². The van der Waals surface area contributed by atoms with Crippen LogP contribution >= 0.6 is 0 Å². The number of nitrogens with zero attached hydrogens (tertiary/aromatic N) is 4. The predicted octanol–water partition coefficient (Wildman–Crippen LogP) is -1.53. The van der Waals surface area contributed by atoms with Gasteiger partial charge in [-0.05, 0) is 0 Å². The molecule has 2 heterocycles. The molecule has 2 rings (SSSR count). The second-order valence-corrected chi connectivity index (χ2v) is 6.76. The summed E-state index contributed by atoms with van der Waals surface area (Å²) in [6, 6.07) is 0. The lowest BCUT2D eigenvalue weighted by Crippen LogP contribution is -2.49. The number of sulfonamides is 1. The molecule has 1 aromatic heterocycles. The van der Waals surface area contributed by atoms with E-state index in [0.717, 1.165) is 17.4 Å². The molecule has 0 atom stereocenters. The van der Waals surface area contributed by atoms with Gasteiger partial charge in [0.25, 0.3) is 10.0 Å². The molecule has 0 aromatic carbocycles. The zero-order valence-corrected chi connectivity index (χ0v) is 12.4. The van der Waals surface area contributed by atoms with Gasteiger partial charge in [-0.1, -0.05) is 0 Å². The molecule has 1 N–H and O–H groups in total. The molecule has 0 bridgehead atoms. The Balaban J connectivity index is 2.03. The Labute approximate surface area is 118 Å². The molecular formula is C11H19N5O3S. The molecule has 1 aromatic rings. The first-order valence-corrected chi connectivity index (χ1v) is 7.78. The summed E-state index contributed by atoms with van der Waals surface area (Å²) in [4.78, 5) is 17.6. The van der Waals surface area contributed by atoms with E-state index in [1.54, 1.807) is 16.5 Å². The molecule has 8 nitrogen and oxygen atoms in total. The number of aromatic nitrogens is 2. The Kier molecular flexibility index (Phi) is 4.41. The maximum atomic E-state index is 12.2. The summed E-state index contributed by atoms with van der Waals surface area (Å²) in [7, 11) is -0.628. The van der Waals surface area contributed by atoms with Gasteiger partial charge in [-0.15, -0.1) is 0 Å². The maximum absolute atomic E-state index is 12.2. The second-order valence-electron chi connectivity index (χ2n) is 4.77. The Morgan fingerprint density at radius 3 is 2.65 bits per heavy atom. The van der Waals surface area contributed by atoms with Crippen molar-refractivity contribution in [2.45, 2.75) is 5.03 Å². The lowest BCUT2D eigenvalue weighted by atomic mass is 10.3. The molecule has 1 amide bonds. The van der Waals surface area contributed by atoms with Gasteiger partial charge in [-0.3, -0.25) is 4.79 Å². The molecule has 9 heteroatoms. The number of imidazole rings is 1. The number of piperazine rings is 1. The third-order valence-electron chi connectivity index (χ3n) is 3.18. The molecule has 0 spiro atoms. The lowest BCUT2D eigenvalue weighted by Gasteiger charge is -2.28. The van der Waals surface area contributed by atoms with Crippen molar-refractivity contribution in [3.05, 3.63) is 12.5 Å². The van der Waals surface area contributed by atoms with Crippen molar-refractivity contribution in [3.8, 4) is 0 Å². The van der Waals surface area contributed by atoms with Crippen molar-refractivity contribution in [3.63, 3.8) is 0 Å². The van der Waals surface area contributed by atoms with E-state index < -0.39 is 10.0 Å². The molecule has 112 valence electrons. The summed E-state index contributed by atoms with van der Waals surface area (Å²) in [6.45, 7) is 2.52. The number of carbonyl (C=O) groups excluding carboxylic acids is 1. The average Bonchev–Trinajstić information content (AvgIpc) is 2.87. The maximum Gasteiger partial charge on any atom is 0.262 e. The number of aryl methyl sites for hydroxylation is 1. The number of nitrogens with one attached hydrogen (secondary N) is 1. The van der Waals surface area contributed by atoms with Crippen LogP contribution in [0.4, 0.5) is 0 Å². The first-order chi connectivity index (χ1) is 9.41. The summed E-state index contributed by atoms with van der Waals surface area (Å²) < 4.78 is 27.1. The van der Waals surface area contributed by atoms with E-state index in [4.69, 9.17) is 0 Å². The van der Waals surface area contributed by atoms with E-state index in [-0.39, 0.29) is 17.5 Å². The fraction of sp³-hybridized carbons (Fsp3) is 0.636. The molecule has 20 heavy (non-hydrogen) atoms. The fourth-order valence-electron chi connectivity index (χ4n) is 1.97. The van der Waals surface area contributed by atoms with E-state index in [0.29, 0.717) is 13.1 Å². The Morgan fingerprint density at radius 1 is 1.45 bits per heavy atom. The molecule has 0 saturated carbocycles. The number of likely N-dealkylation sites (N-methyl/N-ethyl adjacent to an activating group) is 1. The van der Waals surface area contributed by atoms with Gasteiger partial charge in [0.1, 0.15) is 0 Å². The first kappa shape index (κ1) is 14.9. The van der Waals surface area contributed by atoms with Crippen molar-refractivity contribution in [1.29, 1.82) is 0 Å². The highest BCUT2D eigenvalue weighted by atomic mass is 32.2. The van der Waals surface area contributed by atoms with Gasteiger partial charge < -0.3 is 14.8 Å². The summed E-state index contributed by atoms with van der Waals surface area (Å²) >= 11 is 0. The highest BCUT2D eigenvalue weighted by molar-refractivity contribution is 7.89. The van der Waals surface area contributed by atoms with Crippen LogP contribution in [0.3, 0.4) is 0 Å². The van der Waals surface area contributed by atoms with Crippen molar-refractivity contribution in [2.24, 2.45) is 7.05 Å². The third-order valence-corrected chi connectivity index (χ3v) is 4.87. The van der Waals surface area contributed by atoms with Crippen molar-refractivity contribution >= 4 is 15.9 Å². The van der Waals surface area contributed by atoms with E-state index in [2.05, 4.69) is 10.3 Å². The number of hydrogen-bond donors (Lipinski definition) is 1. The van der Waals surface area contributed by atoms with Crippen LogP contribution < -0.4 is 5.32 Å². The second kappa shape index (κ2) is 5.90. The Morgan fingerprint density at radius 2 is 2.10 bits per heavy atom. The van der Waals surface area contributed by atoms with Gasteiger partial charge in [0.15, 0.2) is 5.03 Å². The topological polar surface area (TPSA) is 87.5 Å². The van der Waals surface area contributed by atoms with Gasteiger partial charge in [0.05, 0.1) is 12.9 Å². The van der Waals surface area contributed by atoms with Crippen LogP contribution in [-0.2, 0) is 21.9 Å². The summed E-state index contributed by atoms with van der Waals surface area (Å²) in [5, 5.41) is 3.10. The highest BCUT2D eigenvalue weighted by Gasteiger charge is 2.27. The van der Waals surface area contributed by atoms with Crippen LogP contribution in [0, 0.1) is 0 Å². The van der Waals surface area contributed by atoms with Crippen LogP contribution in [0.5, 0.6) is 0 Å². The minimum absolute atomic E-state index is 0.0457. The number of rotatable bonds is 4. The van der Waals surface area contributed by atoms with Gasteiger partial charge in [0.2, 0.25) is 5.91 Å². The molecule has 0 unspecified atom stereocenters. The van der Waals surface area contributed by atoms with Crippen molar-refractivity contribution in [2.75, 3.05) is 39.8 Å². The lowest BCUT2D eigenvalue weighted by molar-refractivity contribution is -0.131. The average molecular weight is 301 g/mol. The summed E-state index contributed by atoms with van der Waals surface area (Å²) in [5.74, 6) is -0.187. The zero-order valence-electron chi connectivity index (χ0n) is 11.6. The molecular weight excluding hydrogens is 282 g/mol. The van der Waals surface area contributed by atoms with Crippen LogP contribution in [0.2, 0.25) is 0 Å². The van der Waals surface area contributed by atoms with E-state index in [1.807, 2.05) is 0 Å². The molecule has 0 aliphatic carbocycles. The van der Waals surface area contributed by atoms with E-state index >= 15 is 0 Å². The van der Waals surface area contributed by atoms with Crippen molar-refractivity contribution < 1.29 is 13.2 Å². The molecule has 1 saturated heterocycles. The minimum atomic E-state index is -3.71. The smallest absolute Gasteiger partial charge is 0.262 e. The minimum Gasteiger partial charge on any atom is -0.339 e. The fourth-order valence-corrected chi connectivity index (χ4v) is 3.05. The highest BCUT2D eigenvalue weighted by Crippen LogP contribution is 2.11. The molecule has 1 aliphatic rings. The predicted molar refractivity (Wildman–Crippen MR) is 72.5 cm³/mol. The van der Waals surface area contributed by atoms with Crippen molar-refractivity contribution in [1.82, 2.24) is 24.1 Å². The molecule has 1 aliphatic heterocycles. The quantitative estimate of drug-likeness (QED) is 0.729. The Hall–Kier alpha value is -1.45. The Bertz CT molecular complexity index is 577. The van der Waals surface area contributed by atoms with Gasteiger partial charge >= 0.3 is 0 Å². The van der Waals surface area contributed by atoms with Gasteiger partial charge in [0, 0.05) is 46.5 Å². The van der Waals surface area contributed by atoms with Crippen LogP contribution in [0.1, 0.15) is 0 Å². The van der Waals surface area contributed by atoms with Gasteiger partial charge in [-0.25, -0.2) is 13.4 Å². The normalized spacial score (nSPS) is 16.6. The van der Waals surface area contributed by atoms with E-state index in [1.165, 1.54) is 19.6 Å². The monoisotopic (exact) mass is 301 g/mol. The van der Waals surface area contributed by atoms with Crippen LogP contribution in [0.15, 0.2) is 17.6 Å².